The van der Waals surface area contributed by atoms with E-state index in [2.05, 4.69) is 0 Å². The zero-order valence-corrected chi connectivity index (χ0v) is 12.2. The molecule has 2 heterocycles. The molecule has 2 saturated heterocycles. The lowest BCUT2D eigenvalue weighted by Gasteiger charge is -2.52. The highest BCUT2D eigenvalue weighted by atomic mass is 16.2. The Morgan fingerprint density at radius 2 is 1.85 bits per heavy atom. The SMILES string of the molecule is CC1C(=O)N(C)C2(CN(Cc3ccccc3)C2=O)C1C. The Morgan fingerprint density at radius 1 is 1.20 bits per heavy atom. The molecule has 0 aromatic heterocycles. The van der Waals surface area contributed by atoms with E-state index in [9.17, 15) is 9.59 Å². The smallest absolute Gasteiger partial charge is 0.251 e. The molecule has 3 unspecified atom stereocenters. The first-order valence-corrected chi connectivity index (χ1v) is 7.09. The molecule has 1 aromatic rings. The molecule has 20 heavy (non-hydrogen) atoms. The highest BCUT2D eigenvalue weighted by molar-refractivity contribution is 6.00. The molecule has 1 aromatic carbocycles. The second kappa shape index (κ2) is 4.33. The summed E-state index contributed by atoms with van der Waals surface area (Å²) < 4.78 is 0. The van der Waals surface area contributed by atoms with E-state index in [0.717, 1.165) is 5.56 Å². The third-order valence-electron chi connectivity index (χ3n) is 5.13. The van der Waals surface area contributed by atoms with Crippen molar-refractivity contribution in [1.82, 2.24) is 9.80 Å². The molecule has 0 saturated carbocycles. The van der Waals surface area contributed by atoms with Crippen LogP contribution in [0.1, 0.15) is 19.4 Å². The molecule has 2 aliphatic heterocycles. The van der Waals surface area contributed by atoms with E-state index < -0.39 is 5.54 Å². The highest BCUT2D eigenvalue weighted by Crippen LogP contribution is 2.45. The van der Waals surface area contributed by atoms with Gasteiger partial charge in [-0.2, -0.15) is 0 Å². The number of carbonyl (C=O) groups is 2. The zero-order chi connectivity index (χ0) is 14.5. The molecule has 0 aliphatic carbocycles. The minimum absolute atomic E-state index is 0.0668. The Hall–Kier alpha value is -1.84. The molecule has 106 valence electrons. The minimum atomic E-state index is -0.592. The van der Waals surface area contributed by atoms with Gasteiger partial charge in [0.25, 0.3) is 5.91 Å². The molecule has 4 heteroatoms. The largest absolute Gasteiger partial charge is 0.333 e. The van der Waals surface area contributed by atoms with Gasteiger partial charge in [-0.25, -0.2) is 0 Å². The molecule has 4 nitrogen and oxygen atoms in total. The number of nitrogens with zero attached hydrogens (tertiary/aromatic N) is 2. The van der Waals surface area contributed by atoms with Crippen LogP contribution in [0.15, 0.2) is 30.3 Å². The molecule has 1 spiro atoms. The molecular formula is C16H20N2O2. The number of likely N-dealkylation sites (N-methyl/N-ethyl adjacent to an activating group) is 1. The number of hydrogen-bond acceptors (Lipinski definition) is 2. The first kappa shape index (κ1) is 13.2. The van der Waals surface area contributed by atoms with Gasteiger partial charge in [-0.05, 0) is 5.56 Å². The topological polar surface area (TPSA) is 40.6 Å². The van der Waals surface area contributed by atoms with Gasteiger partial charge in [0.2, 0.25) is 5.91 Å². The third kappa shape index (κ3) is 1.54. The summed E-state index contributed by atoms with van der Waals surface area (Å²) in [6.07, 6.45) is 0. The monoisotopic (exact) mass is 272 g/mol. The maximum absolute atomic E-state index is 12.6. The van der Waals surface area contributed by atoms with Gasteiger partial charge in [0, 0.05) is 25.4 Å². The van der Waals surface area contributed by atoms with E-state index in [-0.39, 0.29) is 23.7 Å². The van der Waals surface area contributed by atoms with Crippen molar-refractivity contribution in [2.45, 2.75) is 25.9 Å². The molecule has 0 bridgehead atoms. The summed E-state index contributed by atoms with van der Waals surface area (Å²) in [7, 11) is 1.76. The van der Waals surface area contributed by atoms with E-state index in [0.29, 0.717) is 13.1 Å². The second-order valence-corrected chi connectivity index (χ2v) is 6.05. The molecule has 3 atom stereocenters. The number of amides is 2. The summed E-state index contributed by atoms with van der Waals surface area (Å²) in [4.78, 5) is 28.2. The maximum Gasteiger partial charge on any atom is 0.251 e. The molecule has 2 aliphatic rings. The fourth-order valence-electron chi connectivity index (χ4n) is 3.57. The van der Waals surface area contributed by atoms with E-state index in [4.69, 9.17) is 0 Å². The van der Waals surface area contributed by atoms with Crippen LogP contribution in [0.3, 0.4) is 0 Å². The van der Waals surface area contributed by atoms with Gasteiger partial charge in [-0.15, -0.1) is 0 Å². The first-order chi connectivity index (χ1) is 9.48. The second-order valence-electron chi connectivity index (χ2n) is 6.05. The number of likely N-dealkylation sites (tertiary alicyclic amines) is 2. The predicted molar refractivity (Wildman–Crippen MR) is 75.7 cm³/mol. The summed E-state index contributed by atoms with van der Waals surface area (Å²) >= 11 is 0. The lowest BCUT2D eigenvalue weighted by Crippen LogP contribution is -2.73. The Balaban J connectivity index is 1.78. The standard InChI is InChI=1S/C16H20N2O2/c1-11-12(2)16(17(3)14(11)19)10-18(15(16)20)9-13-7-5-4-6-8-13/h4-8,11-12H,9-10H2,1-3H3. The van der Waals surface area contributed by atoms with Gasteiger partial charge >= 0.3 is 0 Å². The Kier molecular flexibility index (Phi) is 2.85. The van der Waals surface area contributed by atoms with E-state index in [1.807, 2.05) is 49.1 Å². The number of benzene rings is 1. The van der Waals surface area contributed by atoms with Crippen LogP contribution in [-0.2, 0) is 16.1 Å². The summed E-state index contributed by atoms with van der Waals surface area (Å²) in [5.74, 6) is 0.196. The molecular weight excluding hydrogens is 252 g/mol. The number of carbonyl (C=O) groups excluding carboxylic acids is 2. The normalized spacial score (nSPS) is 33.0. The summed E-state index contributed by atoms with van der Waals surface area (Å²) in [6.45, 7) is 5.22. The Morgan fingerprint density at radius 3 is 2.35 bits per heavy atom. The average molecular weight is 272 g/mol. The fourth-order valence-corrected chi connectivity index (χ4v) is 3.57. The molecule has 0 radical (unpaired) electrons. The highest BCUT2D eigenvalue weighted by Gasteiger charge is 2.65. The Bertz CT molecular complexity index is 557. The van der Waals surface area contributed by atoms with Gasteiger partial charge in [-0.1, -0.05) is 44.2 Å². The van der Waals surface area contributed by atoms with Gasteiger partial charge < -0.3 is 9.80 Å². The number of β-lactam (4-membered cyclic amide) rings is 1. The molecule has 2 fully saturated rings. The summed E-state index contributed by atoms with van der Waals surface area (Å²) in [5.41, 5.74) is 0.536. The van der Waals surface area contributed by atoms with Crippen LogP contribution in [0.4, 0.5) is 0 Å². The van der Waals surface area contributed by atoms with Crippen LogP contribution in [0.2, 0.25) is 0 Å². The zero-order valence-electron chi connectivity index (χ0n) is 12.2. The van der Waals surface area contributed by atoms with E-state index in [1.54, 1.807) is 11.9 Å². The van der Waals surface area contributed by atoms with E-state index in [1.165, 1.54) is 0 Å². The quantitative estimate of drug-likeness (QED) is 0.766. The summed E-state index contributed by atoms with van der Waals surface area (Å²) in [6, 6.07) is 9.97. The Labute approximate surface area is 119 Å². The van der Waals surface area contributed by atoms with Crippen molar-refractivity contribution in [2.24, 2.45) is 11.8 Å². The number of rotatable bonds is 2. The number of hydrogen-bond donors (Lipinski definition) is 0. The van der Waals surface area contributed by atoms with Crippen LogP contribution in [0.25, 0.3) is 0 Å². The van der Waals surface area contributed by atoms with Crippen molar-refractivity contribution >= 4 is 11.8 Å². The molecule has 3 rings (SSSR count). The van der Waals surface area contributed by atoms with Gasteiger partial charge in [-0.3, -0.25) is 9.59 Å². The molecule has 2 amide bonds. The molecule has 0 N–H and O–H groups in total. The fraction of sp³-hybridized carbons (Fsp3) is 0.500. The van der Waals surface area contributed by atoms with E-state index >= 15 is 0 Å². The third-order valence-corrected chi connectivity index (χ3v) is 5.13. The van der Waals surface area contributed by atoms with Gasteiger partial charge in [0.1, 0.15) is 5.54 Å². The average Bonchev–Trinajstić information content (AvgIpc) is 2.64. The van der Waals surface area contributed by atoms with Crippen LogP contribution in [0, 0.1) is 11.8 Å². The van der Waals surface area contributed by atoms with Crippen molar-refractivity contribution in [3.8, 4) is 0 Å². The minimum Gasteiger partial charge on any atom is -0.333 e. The van der Waals surface area contributed by atoms with Crippen molar-refractivity contribution in [3.63, 3.8) is 0 Å². The van der Waals surface area contributed by atoms with Gasteiger partial charge in [0.15, 0.2) is 0 Å². The summed E-state index contributed by atoms with van der Waals surface area (Å²) in [5, 5.41) is 0. The van der Waals surface area contributed by atoms with Crippen molar-refractivity contribution in [3.05, 3.63) is 35.9 Å². The van der Waals surface area contributed by atoms with Gasteiger partial charge in [0.05, 0.1) is 6.54 Å². The van der Waals surface area contributed by atoms with Crippen LogP contribution in [-0.4, -0.2) is 40.7 Å². The van der Waals surface area contributed by atoms with Crippen molar-refractivity contribution < 1.29 is 9.59 Å². The first-order valence-electron chi connectivity index (χ1n) is 7.09. The van der Waals surface area contributed by atoms with Crippen LogP contribution >= 0.6 is 0 Å². The lowest BCUT2D eigenvalue weighted by atomic mass is 9.75. The lowest BCUT2D eigenvalue weighted by molar-refractivity contribution is -0.167. The maximum atomic E-state index is 12.6. The predicted octanol–water partition coefficient (Wildman–Crippen LogP) is 1.51. The van der Waals surface area contributed by atoms with Crippen LogP contribution < -0.4 is 0 Å². The van der Waals surface area contributed by atoms with Crippen molar-refractivity contribution in [2.75, 3.05) is 13.6 Å². The van der Waals surface area contributed by atoms with Crippen molar-refractivity contribution in [1.29, 1.82) is 0 Å². The van der Waals surface area contributed by atoms with Crippen LogP contribution in [0.5, 0.6) is 0 Å².